The van der Waals surface area contributed by atoms with Gasteiger partial charge in [0.1, 0.15) is 23.5 Å². The molecule has 31 heavy (non-hydrogen) atoms. The number of pyridine rings is 1. The Hall–Kier alpha value is -1.56. The third-order valence-electron chi connectivity index (χ3n) is 5.29. The number of aliphatic hydroxyl groups excluding tert-OH is 2. The third kappa shape index (κ3) is 5.10. The molecule has 0 saturated carbocycles. The average molecular weight is 475 g/mol. The minimum atomic E-state index is -4.18. The number of halogens is 1. The molecule has 1 saturated heterocycles. The Morgan fingerprint density at radius 3 is 2.74 bits per heavy atom. The van der Waals surface area contributed by atoms with E-state index in [0.29, 0.717) is 11.0 Å². The molecule has 0 bridgehead atoms. The third-order valence-corrected chi connectivity index (χ3v) is 6.25. The fourth-order valence-electron chi connectivity index (χ4n) is 3.70. The molecule has 4 atom stereocenters. The number of nitrogens with one attached hydrogen (secondary N) is 1. The zero-order valence-corrected chi connectivity index (χ0v) is 18.1. The standard InChI is InChI=1S/C18H24ClN4O7P/c19-14-7-12(21-10-3-1-2-4-10)11-8-20-23(17(11)22-14)18-16(25)15(24)13(30-18)9-29-5-6-31(26,27)28/h1-2,7-8,10,13,15-16,18,24-25H,3-6,9H2,(H,21,22)(H2,26,27,28)/t13-,15-,16-,18-/m1/s1. The van der Waals surface area contributed by atoms with Gasteiger partial charge in [0, 0.05) is 6.04 Å². The first-order valence-corrected chi connectivity index (χ1v) is 12.0. The van der Waals surface area contributed by atoms with E-state index in [9.17, 15) is 14.8 Å². The summed E-state index contributed by atoms with van der Waals surface area (Å²) in [7, 11) is -4.18. The Morgan fingerprint density at radius 2 is 2.03 bits per heavy atom. The van der Waals surface area contributed by atoms with Crippen molar-refractivity contribution < 1.29 is 34.0 Å². The second-order valence-corrected chi connectivity index (χ2v) is 9.78. The fourth-order valence-corrected chi connectivity index (χ4v) is 4.26. The maximum Gasteiger partial charge on any atom is 0.327 e. The number of hydrogen-bond acceptors (Lipinski definition) is 8. The van der Waals surface area contributed by atoms with Gasteiger partial charge < -0.3 is 34.8 Å². The number of anilines is 1. The average Bonchev–Trinajstić information content (AvgIpc) is 3.40. The van der Waals surface area contributed by atoms with Gasteiger partial charge in [-0.15, -0.1) is 0 Å². The Morgan fingerprint density at radius 1 is 1.29 bits per heavy atom. The molecule has 2 aromatic heterocycles. The molecule has 0 unspecified atom stereocenters. The predicted molar refractivity (Wildman–Crippen MR) is 112 cm³/mol. The lowest BCUT2D eigenvalue weighted by molar-refractivity contribution is -0.0681. The second-order valence-electron chi connectivity index (χ2n) is 7.61. The van der Waals surface area contributed by atoms with E-state index in [4.69, 9.17) is 30.9 Å². The molecule has 170 valence electrons. The number of fused-ring (bicyclic) bond motifs is 1. The van der Waals surface area contributed by atoms with E-state index in [1.165, 1.54) is 4.68 Å². The quantitative estimate of drug-likeness (QED) is 0.162. The first-order valence-electron chi connectivity index (χ1n) is 9.82. The number of aliphatic hydroxyl groups is 2. The summed E-state index contributed by atoms with van der Waals surface area (Å²) in [5.74, 6) is 0. The van der Waals surface area contributed by atoms with Crippen LogP contribution in [0.25, 0.3) is 11.0 Å². The predicted octanol–water partition coefficient (Wildman–Crippen LogP) is 1.03. The molecule has 1 fully saturated rings. The Kier molecular flexibility index (Phi) is 6.66. The number of hydrogen-bond donors (Lipinski definition) is 5. The number of nitrogens with zero attached hydrogens (tertiary/aromatic N) is 3. The molecule has 0 spiro atoms. The molecule has 1 aliphatic heterocycles. The highest BCUT2D eigenvalue weighted by Gasteiger charge is 2.45. The maximum absolute atomic E-state index is 10.9. The van der Waals surface area contributed by atoms with Gasteiger partial charge in [0.25, 0.3) is 0 Å². The van der Waals surface area contributed by atoms with E-state index < -0.39 is 38.3 Å². The van der Waals surface area contributed by atoms with Crippen LogP contribution in [-0.2, 0) is 14.0 Å². The van der Waals surface area contributed by atoms with Gasteiger partial charge in [0.2, 0.25) is 0 Å². The van der Waals surface area contributed by atoms with Crippen LogP contribution < -0.4 is 5.32 Å². The van der Waals surface area contributed by atoms with Crippen molar-refractivity contribution >= 4 is 35.9 Å². The smallest absolute Gasteiger partial charge is 0.327 e. The van der Waals surface area contributed by atoms with Crippen LogP contribution in [0, 0.1) is 0 Å². The molecule has 4 rings (SSSR count). The maximum atomic E-state index is 10.9. The van der Waals surface area contributed by atoms with Crippen molar-refractivity contribution in [2.75, 3.05) is 24.7 Å². The summed E-state index contributed by atoms with van der Waals surface area (Å²) < 4.78 is 23.2. The highest BCUT2D eigenvalue weighted by atomic mass is 35.5. The van der Waals surface area contributed by atoms with Gasteiger partial charge in [-0.2, -0.15) is 5.10 Å². The summed E-state index contributed by atoms with van der Waals surface area (Å²) in [4.78, 5) is 22.1. The van der Waals surface area contributed by atoms with Gasteiger partial charge in [-0.25, -0.2) is 9.67 Å². The zero-order valence-electron chi connectivity index (χ0n) is 16.4. The van der Waals surface area contributed by atoms with Gasteiger partial charge in [-0.1, -0.05) is 23.8 Å². The lowest BCUT2D eigenvalue weighted by Gasteiger charge is -2.17. The Bertz CT molecular complexity index is 1000. The molecule has 0 radical (unpaired) electrons. The van der Waals surface area contributed by atoms with E-state index in [-0.39, 0.29) is 24.4 Å². The van der Waals surface area contributed by atoms with Gasteiger partial charge in [-0.05, 0) is 18.9 Å². The molecule has 13 heteroatoms. The van der Waals surface area contributed by atoms with Crippen molar-refractivity contribution in [2.45, 2.75) is 43.4 Å². The van der Waals surface area contributed by atoms with E-state index >= 15 is 0 Å². The molecule has 2 aromatic rings. The Balaban J connectivity index is 1.50. The van der Waals surface area contributed by atoms with Crippen LogP contribution >= 0.6 is 19.2 Å². The molecule has 5 N–H and O–H groups in total. The molecular weight excluding hydrogens is 451 g/mol. The highest BCUT2D eigenvalue weighted by molar-refractivity contribution is 7.51. The Labute approximate surface area is 182 Å². The molecular formula is C18H24ClN4O7P. The molecule has 11 nitrogen and oxygen atoms in total. The van der Waals surface area contributed by atoms with Crippen LogP contribution in [0.4, 0.5) is 5.69 Å². The highest BCUT2D eigenvalue weighted by Crippen LogP contribution is 2.35. The lowest BCUT2D eigenvalue weighted by Crippen LogP contribution is -2.34. The van der Waals surface area contributed by atoms with E-state index in [1.807, 2.05) is 0 Å². The van der Waals surface area contributed by atoms with Gasteiger partial charge >= 0.3 is 7.60 Å². The van der Waals surface area contributed by atoms with Crippen molar-refractivity contribution in [3.8, 4) is 0 Å². The monoisotopic (exact) mass is 474 g/mol. The molecule has 1 aliphatic carbocycles. The van der Waals surface area contributed by atoms with Gasteiger partial charge in [-0.3, -0.25) is 4.57 Å². The van der Waals surface area contributed by atoms with Crippen molar-refractivity contribution in [2.24, 2.45) is 0 Å². The zero-order chi connectivity index (χ0) is 22.2. The summed E-state index contributed by atoms with van der Waals surface area (Å²) in [6.45, 7) is -0.353. The molecule has 0 amide bonds. The van der Waals surface area contributed by atoms with Crippen LogP contribution in [0.5, 0.6) is 0 Å². The summed E-state index contributed by atoms with van der Waals surface area (Å²) in [6, 6.07) is 1.96. The largest absolute Gasteiger partial charge is 0.387 e. The fraction of sp³-hybridized carbons (Fsp3) is 0.556. The van der Waals surface area contributed by atoms with Crippen molar-refractivity contribution in [1.29, 1.82) is 0 Å². The summed E-state index contributed by atoms with van der Waals surface area (Å²) in [6.07, 6.45) is 2.63. The van der Waals surface area contributed by atoms with E-state index in [2.05, 4.69) is 27.6 Å². The summed E-state index contributed by atoms with van der Waals surface area (Å²) in [5, 5.41) is 29.5. The van der Waals surface area contributed by atoms with Crippen LogP contribution in [0.15, 0.2) is 24.4 Å². The van der Waals surface area contributed by atoms with Crippen molar-refractivity contribution in [1.82, 2.24) is 14.8 Å². The van der Waals surface area contributed by atoms with E-state index in [0.717, 1.165) is 18.5 Å². The molecule has 0 aromatic carbocycles. The number of rotatable bonds is 8. The first-order chi connectivity index (χ1) is 14.7. The normalized spacial score (nSPS) is 26.9. The number of ether oxygens (including phenoxy) is 2. The van der Waals surface area contributed by atoms with Crippen LogP contribution in [0.1, 0.15) is 19.1 Å². The minimum Gasteiger partial charge on any atom is -0.387 e. The summed E-state index contributed by atoms with van der Waals surface area (Å²) in [5.41, 5.74) is 1.15. The van der Waals surface area contributed by atoms with E-state index in [1.54, 1.807) is 12.3 Å². The van der Waals surface area contributed by atoms with Gasteiger partial charge in [0.05, 0.1) is 36.6 Å². The second kappa shape index (κ2) is 9.13. The van der Waals surface area contributed by atoms with Crippen LogP contribution in [0.3, 0.4) is 0 Å². The lowest BCUT2D eigenvalue weighted by atomic mass is 10.1. The SMILES string of the molecule is O=P(O)(O)CCOC[C@H]1O[C@@H](n2ncc3c(NC4CC=CC4)cc(Cl)nc32)[C@H](O)[C@@H]1O. The van der Waals surface area contributed by atoms with Crippen LogP contribution in [-0.4, -0.2) is 78.5 Å². The minimum absolute atomic E-state index is 0.149. The molecule has 3 heterocycles. The summed E-state index contributed by atoms with van der Waals surface area (Å²) >= 11 is 6.22. The molecule has 2 aliphatic rings. The first kappa shape index (κ1) is 22.6. The van der Waals surface area contributed by atoms with Crippen molar-refractivity contribution in [3.63, 3.8) is 0 Å². The van der Waals surface area contributed by atoms with Crippen molar-refractivity contribution in [3.05, 3.63) is 29.6 Å². The van der Waals surface area contributed by atoms with Crippen LogP contribution in [0.2, 0.25) is 5.15 Å². The topological polar surface area (TPSA) is 159 Å². The van der Waals surface area contributed by atoms with Gasteiger partial charge in [0.15, 0.2) is 11.9 Å². The number of aromatic nitrogens is 3.